The molecule has 29 heavy (non-hydrogen) atoms. The van der Waals surface area contributed by atoms with Crippen LogP contribution in [0, 0.1) is 0 Å². The highest BCUT2D eigenvalue weighted by Gasteiger charge is 2.20. The molecule has 0 amide bonds. The maximum Gasteiger partial charge on any atom is 0.438 e. The van der Waals surface area contributed by atoms with Crippen LogP contribution in [0.25, 0.3) is 21.5 Å². The summed E-state index contributed by atoms with van der Waals surface area (Å²) in [4.78, 5) is 17.7. The van der Waals surface area contributed by atoms with Gasteiger partial charge >= 0.3 is 5.76 Å². The zero-order valence-electron chi connectivity index (χ0n) is 16.0. The van der Waals surface area contributed by atoms with Crippen molar-refractivity contribution in [1.29, 1.82) is 0 Å². The van der Waals surface area contributed by atoms with Gasteiger partial charge < -0.3 is 4.42 Å². The van der Waals surface area contributed by atoms with Gasteiger partial charge in [0.05, 0.1) is 4.88 Å². The van der Waals surface area contributed by atoms with Crippen LogP contribution in [0.2, 0.25) is 0 Å². The minimum absolute atomic E-state index is 0.397. The molecule has 0 saturated carbocycles. The maximum atomic E-state index is 12.1. The number of fused-ring (bicyclic) bond motifs is 1. The van der Waals surface area contributed by atoms with Crippen molar-refractivity contribution in [1.82, 2.24) is 19.6 Å². The first-order valence-corrected chi connectivity index (χ1v) is 10.7. The third-order valence-corrected chi connectivity index (χ3v) is 6.27. The molecule has 0 aliphatic carbocycles. The van der Waals surface area contributed by atoms with Crippen LogP contribution in [0.15, 0.2) is 69.2 Å². The number of rotatable bonds is 5. The second-order valence-corrected chi connectivity index (χ2v) is 8.27. The van der Waals surface area contributed by atoms with Crippen molar-refractivity contribution in [2.45, 2.75) is 13.2 Å². The van der Waals surface area contributed by atoms with Gasteiger partial charge in [-0.15, -0.1) is 16.4 Å². The summed E-state index contributed by atoms with van der Waals surface area (Å²) in [6.07, 6.45) is 0. The molecule has 2 aromatic carbocycles. The molecule has 6 nitrogen and oxygen atoms in total. The van der Waals surface area contributed by atoms with E-state index < -0.39 is 5.76 Å². The number of thiophene rings is 1. The predicted octanol–water partition coefficient (Wildman–Crippen LogP) is 3.49. The summed E-state index contributed by atoms with van der Waals surface area (Å²) in [7, 11) is 0. The third kappa shape index (κ3) is 3.89. The second-order valence-electron chi connectivity index (χ2n) is 7.32. The molecule has 5 rings (SSSR count). The van der Waals surface area contributed by atoms with E-state index in [0.717, 1.165) is 37.6 Å². The van der Waals surface area contributed by atoms with Crippen LogP contribution in [-0.4, -0.2) is 45.8 Å². The van der Waals surface area contributed by atoms with E-state index in [0.29, 0.717) is 12.6 Å². The van der Waals surface area contributed by atoms with Gasteiger partial charge in [-0.05, 0) is 27.8 Å². The van der Waals surface area contributed by atoms with Gasteiger partial charge in [0, 0.05) is 32.7 Å². The monoisotopic (exact) mass is 406 g/mol. The molecule has 1 saturated heterocycles. The number of piperazine rings is 1. The molecule has 1 fully saturated rings. The van der Waals surface area contributed by atoms with Crippen LogP contribution in [-0.2, 0) is 13.2 Å². The van der Waals surface area contributed by atoms with Crippen LogP contribution in [0.1, 0.15) is 5.56 Å². The second kappa shape index (κ2) is 7.94. The van der Waals surface area contributed by atoms with Crippen molar-refractivity contribution in [2.75, 3.05) is 26.2 Å². The largest absolute Gasteiger partial charge is 0.438 e. The van der Waals surface area contributed by atoms with E-state index in [1.54, 1.807) is 0 Å². The average molecular weight is 407 g/mol. The van der Waals surface area contributed by atoms with Crippen molar-refractivity contribution < 1.29 is 4.42 Å². The molecular weight excluding hydrogens is 384 g/mol. The summed E-state index contributed by atoms with van der Waals surface area (Å²) in [6.45, 7) is 5.15. The van der Waals surface area contributed by atoms with E-state index in [2.05, 4.69) is 57.4 Å². The number of aromatic nitrogens is 2. The van der Waals surface area contributed by atoms with E-state index in [-0.39, 0.29) is 0 Å². The lowest BCUT2D eigenvalue weighted by Gasteiger charge is -2.34. The Balaban J connectivity index is 1.22. The Morgan fingerprint density at radius 3 is 2.55 bits per heavy atom. The zero-order chi connectivity index (χ0) is 19.6. The first-order chi connectivity index (χ1) is 14.3. The molecule has 4 aromatic rings. The van der Waals surface area contributed by atoms with Gasteiger partial charge in [0.1, 0.15) is 6.67 Å². The molecule has 0 spiro atoms. The summed E-state index contributed by atoms with van der Waals surface area (Å²) in [5.41, 5.74) is 1.37. The smallest absolute Gasteiger partial charge is 0.387 e. The molecule has 0 unspecified atom stereocenters. The lowest BCUT2D eigenvalue weighted by Crippen LogP contribution is -2.47. The van der Waals surface area contributed by atoms with Crippen LogP contribution < -0.4 is 5.76 Å². The SMILES string of the molecule is O=c1oc(-c2cccs2)nn1CN1CCN(Cc2cccc3ccccc23)CC1. The van der Waals surface area contributed by atoms with Crippen molar-refractivity contribution in [3.05, 3.63) is 76.1 Å². The molecule has 3 heterocycles. The molecule has 148 valence electrons. The fourth-order valence-corrected chi connectivity index (χ4v) is 4.49. The average Bonchev–Trinajstić information content (AvgIpc) is 3.40. The van der Waals surface area contributed by atoms with Gasteiger partial charge in [0.15, 0.2) is 0 Å². The van der Waals surface area contributed by atoms with Gasteiger partial charge in [0.2, 0.25) is 0 Å². The molecule has 1 aliphatic heterocycles. The first kappa shape index (κ1) is 18.3. The van der Waals surface area contributed by atoms with Gasteiger partial charge in [-0.2, -0.15) is 4.68 Å². The Labute approximate surface area is 172 Å². The van der Waals surface area contributed by atoms with E-state index >= 15 is 0 Å². The van der Waals surface area contributed by atoms with E-state index in [9.17, 15) is 4.79 Å². The summed E-state index contributed by atoms with van der Waals surface area (Å²) < 4.78 is 6.74. The van der Waals surface area contributed by atoms with Gasteiger partial charge in [-0.3, -0.25) is 9.80 Å². The topological polar surface area (TPSA) is 54.5 Å². The minimum Gasteiger partial charge on any atom is -0.387 e. The van der Waals surface area contributed by atoms with Crippen molar-refractivity contribution in [3.8, 4) is 10.8 Å². The Morgan fingerprint density at radius 2 is 1.72 bits per heavy atom. The lowest BCUT2D eigenvalue weighted by atomic mass is 10.0. The van der Waals surface area contributed by atoms with Crippen molar-refractivity contribution in [3.63, 3.8) is 0 Å². The van der Waals surface area contributed by atoms with E-state index in [1.807, 2.05) is 17.5 Å². The minimum atomic E-state index is -0.397. The van der Waals surface area contributed by atoms with E-state index in [1.165, 1.54) is 32.4 Å². The summed E-state index contributed by atoms with van der Waals surface area (Å²) in [6, 6.07) is 18.9. The highest BCUT2D eigenvalue weighted by Crippen LogP contribution is 2.22. The Kier molecular flexibility index (Phi) is 5.01. The summed E-state index contributed by atoms with van der Waals surface area (Å²) >= 11 is 1.52. The number of nitrogens with zero attached hydrogens (tertiary/aromatic N) is 4. The highest BCUT2D eigenvalue weighted by atomic mass is 32.1. The quantitative estimate of drug-likeness (QED) is 0.508. The lowest BCUT2D eigenvalue weighted by molar-refractivity contribution is 0.0967. The Bertz CT molecular complexity index is 1150. The first-order valence-electron chi connectivity index (χ1n) is 9.79. The zero-order valence-corrected chi connectivity index (χ0v) is 16.8. The Hall–Kier alpha value is -2.74. The molecule has 1 aliphatic rings. The predicted molar refractivity (Wildman–Crippen MR) is 115 cm³/mol. The van der Waals surface area contributed by atoms with Crippen LogP contribution in [0.4, 0.5) is 0 Å². The standard InChI is InChI=1S/C22H22N4O2S/c27-22-26(23-21(28-22)20-9-4-14-29-20)16-25-12-10-24(11-13-25)15-18-7-3-6-17-5-1-2-8-19(17)18/h1-9,14H,10-13,15-16H2. The van der Waals surface area contributed by atoms with Crippen LogP contribution in [0.3, 0.4) is 0 Å². The number of hydrogen-bond acceptors (Lipinski definition) is 6. The molecular formula is C22H22N4O2S. The van der Waals surface area contributed by atoms with E-state index in [4.69, 9.17) is 4.42 Å². The number of hydrogen-bond donors (Lipinski definition) is 0. The molecule has 0 atom stereocenters. The maximum absolute atomic E-state index is 12.1. The molecule has 0 N–H and O–H groups in total. The fourth-order valence-electron chi connectivity index (χ4n) is 3.84. The molecule has 0 bridgehead atoms. The van der Waals surface area contributed by atoms with Crippen molar-refractivity contribution >= 4 is 22.1 Å². The fraction of sp³-hybridized carbons (Fsp3) is 0.273. The summed E-state index contributed by atoms with van der Waals surface area (Å²) in [5.74, 6) is 0.00572. The third-order valence-electron chi connectivity index (χ3n) is 5.41. The Morgan fingerprint density at radius 1 is 0.931 bits per heavy atom. The highest BCUT2D eigenvalue weighted by molar-refractivity contribution is 7.13. The van der Waals surface area contributed by atoms with Gasteiger partial charge in [-0.1, -0.05) is 48.5 Å². The number of benzene rings is 2. The molecule has 0 radical (unpaired) electrons. The van der Waals surface area contributed by atoms with Gasteiger partial charge in [-0.25, -0.2) is 4.79 Å². The summed E-state index contributed by atoms with van der Waals surface area (Å²) in [5, 5.41) is 8.92. The molecule has 2 aromatic heterocycles. The molecule has 7 heteroatoms. The van der Waals surface area contributed by atoms with Crippen molar-refractivity contribution in [2.24, 2.45) is 0 Å². The van der Waals surface area contributed by atoms with Crippen LogP contribution in [0.5, 0.6) is 0 Å². The van der Waals surface area contributed by atoms with Crippen LogP contribution >= 0.6 is 11.3 Å². The normalized spacial score (nSPS) is 15.9. The van der Waals surface area contributed by atoms with Gasteiger partial charge in [0.25, 0.3) is 5.89 Å².